The maximum atomic E-state index is 13.0. The molecule has 2 N–H and O–H groups in total. The van der Waals surface area contributed by atoms with Crippen LogP contribution in [0.2, 0.25) is 0 Å². The van der Waals surface area contributed by atoms with E-state index in [-0.39, 0.29) is 22.6 Å². The van der Waals surface area contributed by atoms with Crippen LogP contribution in [-0.2, 0) is 27.9 Å². The molecule has 166 valence electrons. The molecule has 2 aromatic rings. The molecule has 0 fully saturated rings. The van der Waals surface area contributed by atoms with Crippen LogP contribution in [0.15, 0.2) is 58.4 Å². The standard InChI is InChI=1S/C23H30N4O3S/c1-16(2)13-20(25-22-19-11-7-8-12-21(19)31(29,30)26-22)23(28)24-14-17-9-5-6-10-18(17)15-27(3)4/h5-12,16,20H,13-15H2,1-4H3,(H,24,28)(H,25,26). The van der Waals surface area contributed by atoms with E-state index in [1.54, 1.807) is 24.3 Å². The maximum absolute atomic E-state index is 13.0. The van der Waals surface area contributed by atoms with E-state index in [9.17, 15) is 13.2 Å². The van der Waals surface area contributed by atoms with E-state index in [4.69, 9.17) is 0 Å². The number of carbonyl (C=O) groups is 1. The molecule has 0 aliphatic carbocycles. The molecule has 0 aromatic heterocycles. The zero-order chi connectivity index (χ0) is 22.6. The van der Waals surface area contributed by atoms with Gasteiger partial charge in [0, 0.05) is 18.7 Å². The number of sulfonamides is 1. The quantitative estimate of drug-likeness (QED) is 0.657. The number of rotatable bonds is 8. The lowest BCUT2D eigenvalue weighted by Crippen LogP contribution is -2.36. The molecule has 0 radical (unpaired) electrons. The number of nitrogens with one attached hydrogen (secondary N) is 2. The second-order valence-corrected chi connectivity index (χ2v) is 10.1. The van der Waals surface area contributed by atoms with E-state index < -0.39 is 16.1 Å². The first-order chi connectivity index (χ1) is 14.7. The Morgan fingerprint density at radius 1 is 1.06 bits per heavy atom. The number of amides is 1. The van der Waals surface area contributed by atoms with Crippen molar-refractivity contribution in [3.63, 3.8) is 0 Å². The van der Waals surface area contributed by atoms with Crippen LogP contribution in [-0.4, -0.2) is 45.2 Å². The van der Waals surface area contributed by atoms with E-state index in [0.29, 0.717) is 18.5 Å². The van der Waals surface area contributed by atoms with Gasteiger partial charge >= 0.3 is 0 Å². The number of benzene rings is 2. The van der Waals surface area contributed by atoms with Gasteiger partial charge in [-0.3, -0.25) is 14.5 Å². The Labute approximate surface area is 184 Å². The van der Waals surface area contributed by atoms with Gasteiger partial charge in [-0.05, 0) is 49.7 Å². The number of amidine groups is 1. The Morgan fingerprint density at radius 3 is 2.39 bits per heavy atom. The number of fused-ring (bicyclic) bond motifs is 1. The Hall–Kier alpha value is -2.71. The highest BCUT2D eigenvalue weighted by Crippen LogP contribution is 2.23. The lowest BCUT2D eigenvalue weighted by molar-refractivity contribution is -0.122. The summed E-state index contributed by atoms with van der Waals surface area (Å²) in [6.45, 7) is 5.20. The molecule has 7 nitrogen and oxygen atoms in total. The minimum Gasteiger partial charge on any atom is -0.350 e. The van der Waals surface area contributed by atoms with Crippen LogP contribution in [0, 0.1) is 5.92 Å². The molecule has 0 bridgehead atoms. The van der Waals surface area contributed by atoms with Crippen LogP contribution in [0.5, 0.6) is 0 Å². The fourth-order valence-corrected chi connectivity index (χ4v) is 4.81. The first kappa shape index (κ1) is 23.0. The zero-order valence-corrected chi connectivity index (χ0v) is 19.2. The van der Waals surface area contributed by atoms with Gasteiger partial charge < -0.3 is 10.2 Å². The summed E-state index contributed by atoms with van der Waals surface area (Å²) in [6.07, 6.45) is 0.512. The van der Waals surface area contributed by atoms with Crippen molar-refractivity contribution in [2.75, 3.05) is 14.1 Å². The van der Waals surface area contributed by atoms with Crippen LogP contribution < -0.4 is 10.0 Å². The van der Waals surface area contributed by atoms with E-state index >= 15 is 0 Å². The minimum atomic E-state index is -3.64. The molecule has 3 rings (SSSR count). The normalized spacial score (nSPS) is 16.9. The Balaban J connectivity index is 1.81. The fourth-order valence-electron chi connectivity index (χ4n) is 3.58. The molecular formula is C23H30N4O3S. The van der Waals surface area contributed by atoms with Crippen molar-refractivity contribution in [1.29, 1.82) is 0 Å². The average Bonchev–Trinajstić information content (AvgIpc) is 2.96. The number of aliphatic imine (C=N–C) groups is 1. The smallest absolute Gasteiger partial charge is 0.263 e. The molecular weight excluding hydrogens is 412 g/mol. The van der Waals surface area contributed by atoms with Crippen molar-refractivity contribution in [3.05, 3.63) is 65.2 Å². The summed E-state index contributed by atoms with van der Waals surface area (Å²) >= 11 is 0. The van der Waals surface area contributed by atoms with Gasteiger partial charge in [0.05, 0.1) is 4.90 Å². The topological polar surface area (TPSA) is 90.9 Å². The molecule has 2 aromatic carbocycles. The van der Waals surface area contributed by atoms with Gasteiger partial charge in [-0.15, -0.1) is 0 Å². The number of carbonyl (C=O) groups excluding carboxylic acids is 1. The third-order valence-electron chi connectivity index (χ3n) is 5.00. The molecule has 1 heterocycles. The van der Waals surface area contributed by atoms with Crippen molar-refractivity contribution in [1.82, 2.24) is 14.9 Å². The second-order valence-electron chi connectivity index (χ2n) is 8.45. The summed E-state index contributed by atoms with van der Waals surface area (Å²) in [6, 6.07) is 14.0. The highest BCUT2D eigenvalue weighted by atomic mass is 32.2. The van der Waals surface area contributed by atoms with Crippen LogP contribution in [0.4, 0.5) is 0 Å². The Bertz CT molecular complexity index is 1080. The summed E-state index contributed by atoms with van der Waals surface area (Å²) in [5.74, 6) is 0.225. The highest BCUT2D eigenvalue weighted by Gasteiger charge is 2.32. The SMILES string of the molecule is CC(C)CC(N=C1NS(=O)(=O)c2ccccc21)C(=O)NCc1ccccc1CN(C)C. The lowest BCUT2D eigenvalue weighted by atomic mass is 10.0. The molecule has 0 saturated carbocycles. The average molecular weight is 443 g/mol. The number of hydrogen-bond acceptors (Lipinski definition) is 5. The first-order valence-electron chi connectivity index (χ1n) is 10.4. The third-order valence-corrected chi connectivity index (χ3v) is 6.40. The second kappa shape index (κ2) is 9.62. The molecule has 31 heavy (non-hydrogen) atoms. The number of nitrogens with zero attached hydrogens (tertiary/aromatic N) is 2. The van der Waals surface area contributed by atoms with Crippen molar-refractivity contribution in [3.8, 4) is 0 Å². The molecule has 0 spiro atoms. The van der Waals surface area contributed by atoms with E-state index in [0.717, 1.165) is 17.7 Å². The van der Waals surface area contributed by atoms with Gasteiger partial charge in [-0.25, -0.2) is 8.42 Å². The predicted octanol–water partition coefficient (Wildman–Crippen LogP) is 2.52. The summed E-state index contributed by atoms with van der Waals surface area (Å²) in [5, 5.41) is 2.99. The summed E-state index contributed by atoms with van der Waals surface area (Å²) in [7, 11) is 0.365. The highest BCUT2D eigenvalue weighted by molar-refractivity contribution is 7.90. The Morgan fingerprint density at radius 2 is 1.71 bits per heavy atom. The van der Waals surface area contributed by atoms with Crippen LogP contribution in [0.25, 0.3) is 0 Å². The maximum Gasteiger partial charge on any atom is 0.263 e. The molecule has 1 amide bonds. The summed E-state index contributed by atoms with van der Waals surface area (Å²) < 4.78 is 27.2. The van der Waals surface area contributed by atoms with E-state index in [1.165, 1.54) is 0 Å². The van der Waals surface area contributed by atoms with Gasteiger partial charge in [0.25, 0.3) is 10.0 Å². The van der Waals surface area contributed by atoms with E-state index in [2.05, 4.69) is 26.0 Å². The summed E-state index contributed by atoms with van der Waals surface area (Å²) in [5.41, 5.74) is 2.70. The molecule has 1 atom stereocenters. The molecule has 0 saturated heterocycles. The van der Waals surface area contributed by atoms with Crippen LogP contribution in [0.1, 0.15) is 37.0 Å². The predicted molar refractivity (Wildman–Crippen MR) is 122 cm³/mol. The monoisotopic (exact) mass is 442 g/mol. The van der Waals surface area contributed by atoms with Crippen molar-refractivity contribution < 1.29 is 13.2 Å². The van der Waals surface area contributed by atoms with Gasteiger partial charge in [0.1, 0.15) is 11.9 Å². The molecule has 1 unspecified atom stereocenters. The van der Waals surface area contributed by atoms with Gasteiger partial charge in [-0.2, -0.15) is 0 Å². The fraction of sp³-hybridized carbons (Fsp3) is 0.391. The Kier molecular flexibility index (Phi) is 7.12. The third kappa shape index (κ3) is 5.71. The van der Waals surface area contributed by atoms with Gasteiger partial charge in [0.2, 0.25) is 5.91 Å². The van der Waals surface area contributed by atoms with Crippen LogP contribution in [0.3, 0.4) is 0 Å². The zero-order valence-electron chi connectivity index (χ0n) is 18.4. The molecule has 1 aliphatic rings. The largest absolute Gasteiger partial charge is 0.350 e. The first-order valence-corrected chi connectivity index (χ1v) is 11.8. The molecule has 1 aliphatic heterocycles. The van der Waals surface area contributed by atoms with Crippen molar-refractivity contribution >= 4 is 21.8 Å². The minimum absolute atomic E-state index is 0.190. The van der Waals surface area contributed by atoms with Gasteiger partial charge in [-0.1, -0.05) is 50.2 Å². The molecule has 8 heteroatoms. The van der Waals surface area contributed by atoms with Crippen molar-refractivity contribution in [2.45, 2.75) is 44.3 Å². The van der Waals surface area contributed by atoms with Crippen molar-refractivity contribution in [2.24, 2.45) is 10.9 Å². The lowest BCUT2D eigenvalue weighted by Gasteiger charge is -2.18. The van der Waals surface area contributed by atoms with Crippen LogP contribution >= 0.6 is 0 Å². The summed E-state index contributed by atoms with van der Waals surface area (Å²) in [4.78, 5) is 19.9. The van der Waals surface area contributed by atoms with E-state index in [1.807, 2.05) is 46.1 Å². The number of hydrogen-bond donors (Lipinski definition) is 2. The van der Waals surface area contributed by atoms with Gasteiger partial charge in [0.15, 0.2) is 0 Å².